The standard InChI is InChI=1S/C17H20N4O3/c1-23-15-16(19-9-8-18-15)24-14-7-10-21(12-14)17(22)20-11-13-5-3-2-4-6-13/h2-6,8-9,14H,7,10-12H2,1H3,(H,20,22)/t14-/m0/s1. The highest BCUT2D eigenvalue weighted by atomic mass is 16.5. The summed E-state index contributed by atoms with van der Waals surface area (Å²) in [5.74, 6) is 0.709. The van der Waals surface area contributed by atoms with E-state index < -0.39 is 0 Å². The molecule has 0 unspecified atom stereocenters. The third-order valence-electron chi connectivity index (χ3n) is 3.82. The maximum absolute atomic E-state index is 12.2. The predicted octanol–water partition coefficient (Wildman–Crippen LogP) is 1.85. The third-order valence-corrected chi connectivity index (χ3v) is 3.82. The lowest BCUT2D eigenvalue weighted by atomic mass is 10.2. The van der Waals surface area contributed by atoms with Gasteiger partial charge in [-0.25, -0.2) is 14.8 Å². The van der Waals surface area contributed by atoms with Gasteiger partial charge >= 0.3 is 6.03 Å². The minimum absolute atomic E-state index is 0.0870. The van der Waals surface area contributed by atoms with Gasteiger partial charge in [-0.3, -0.25) is 0 Å². The topological polar surface area (TPSA) is 76.6 Å². The van der Waals surface area contributed by atoms with Crippen LogP contribution in [0.3, 0.4) is 0 Å². The largest absolute Gasteiger partial charge is 0.477 e. The van der Waals surface area contributed by atoms with Gasteiger partial charge in [0.15, 0.2) is 0 Å². The molecular weight excluding hydrogens is 308 g/mol. The second-order valence-corrected chi connectivity index (χ2v) is 5.49. The van der Waals surface area contributed by atoms with Gasteiger partial charge in [-0.1, -0.05) is 30.3 Å². The van der Waals surface area contributed by atoms with Gasteiger partial charge in [-0.2, -0.15) is 0 Å². The Morgan fingerprint density at radius 2 is 2.00 bits per heavy atom. The summed E-state index contributed by atoms with van der Waals surface area (Å²) in [5, 5.41) is 2.93. The Morgan fingerprint density at radius 3 is 2.75 bits per heavy atom. The van der Waals surface area contributed by atoms with Gasteiger partial charge in [0.05, 0.1) is 13.7 Å². The first-order valence-electron chi connectivity index (χ1n) is 7.84. The van der Waals surface area contributed by atoms with Crippen molar-refractivity contribution >= 4 is 6.03 Å². The molecular formula is C17H20N4O3. The number of hydrogen-bond donors (Lipinski definition) is 1. The Hall–Kier alpha value is -2.83. The average molecular weight is 328 g/mol. The smallest absolute Gasteiger partial charge is 0.317 e. The van der Waals surface area contributed by atoms with Crippen molar-refractivity contribution in [2.24, 2.45) is 0 Å². The van der Waals surface area contributed by atoms with E-state index in [0.29, 0.717) is 31.4 Å². The maximum Gasteiger partial charge on any atom is 0.317 e. The summed E-state index contributed by atoms with van der Waals surface area (Å²) in [6, 6.07) is 9.74. The number of ether oxygens (including phenoxy) is 2. The summed E-state index contributed by atoms with van der Waals surface area (Å²) in [7, 11) is 1.52. The lowest BCUT2D eigenvalue weighted by Crippen LogP contribution is -2.39. The van der Waals surface area contributed by atoms with Crippen LogP contribution in [0.2, 0.25) is 0 Å². The van der Waals surface area contributed by atoms with Crippen LogP contribution >= 0.6 is 0 Å². The van der Waals surface area contributed by atoms with Gasteiger partial charge in [0, 0.05) is 31.9 Å². The highest BCUT2D eigenvalue weighted by Crippen LogP contribution is 2.23. The van der Waals surface area contributed by atoms with Crippen molar-refractivity contribution in [3.8, 4) is 11.8 Å². The average Bonchev–Trinajstić information content (AvgIpc) is 3.10. The molecule has 0 bridgehead atoms. The lowest BCUT2D eigenvalue weighted by molar-refractivity contribution is 0.177. The number of nitrogens with zero attached hydrogens (tertiary/aromatic N) is 3. The molecule has 2 heterocycles. The van der Waals surface area contributed by atoms with Gasteiger partial charge < -0.3 is 19.7 Å². The van der Waals surface area contributed by atoms with Crippen LogP contribution < -0.4 is 14.8 Å². The number of amides is 2. The van der Waals surface area contributed by atoms with Gasteiger partial charge in [-0.05, 0) is 5.56 Å². The summed E-state index contributed by atoms with van der Waals surface area (Å²) in [6.45, 7) is 1.67. The summed E-state index contributed by atoms with van der Waals surface area (Å²) in [6.07, 6.45) is 3.73. The van der Waals surface area contributed by atoms with E-state index in [1.54, 1.807) is 17.3 Å². The molecule has 2 amide bonds. The molecule has 24 heavy (non-hydrogen) atoms. The van der Waals surface area contributed by atoms with E-state index >= 15 is 0 Å². The SMILES string of the molecule is COc1nccnc1O[C@H]1CCN(C(=O)NCc2ccccc2)C1. The van der Waals surface area contributed by atoms with E-state index in [-0.39, 0.29) is 12.1 Å². The van der Waals surface area contributed by atoms with E-state index in [1.165, 1.54) is 7.11 Å². The number of likely N-dealkylation sites (tertiary alicyclic amines) is 1. The van der Waals surface area contributed by atoms with Gasteiger partial charge in [0.2, 0.25) is 0 Å². The third kappa shape index (κ3) is 3.92. The molecule has 126 valence electrons. The highest BCUT2D eigenvalue weighted by Gasteiger charge is 2.28. The van der Waals surface area contributed by atoms with E-state index in [4.69, 9.17) is 9.47 Å². The van der Waals surface area contributed by atoms with Gasteiger partial charge in [0.25, 0.3) is 11.8 Å². The second-order valence-electron chi connectivity index (χ2n) is 5.49. The first-order valence-corrected chi connectivity index (χ1v) is 7.84. The van der Waals surface area contributed by atoms with Crippen LogP contribution in [-0.2, 0) is 6.54 Å². The fraction of sp³-hybridized carbons (Fsp3) is 0.353. The number of methoxy groups -OCH3 is 1. The number of hydrogen-bond acceptors (Lipinski definition) is 5. The van der Waals surface area contributed by atoms with Crippen molar-refractivity contribution in [1.29, 1.82) is 0 Å². The first kappa shape index (κ1) is 16.0. The highest BCUT2D eigenvalue weighted by molar-refractivity contribution is 5.74. The quantitative estimate of drug-likeness (QED) is 0.906. The zero-order valence-corrected chi connectivity index (χ0v) is 13.5. The molecule has 0 spiro atoms. The second kappa shape index (κ2) is 7.63. The summed E-state index contributed by atoms with van der Waals surface area (Å²) < 4.78 is 10.9. The van der Waals surface area contributed by atoms with Crippen LogP contribution in [0.25, 0.3) is 0 Å². The monoisotopic (exact) mass is 328 g/mol. The Morgan fingerprint density at radius 1 is 1.25 bits per heavy atom. The molecule has 0 aliphatic carbocycles. The number of carbonyl (C=O) groups excluding carboxylic acids is 1. The van der Waals surface area contributed by atoms with Crippen molar-refractivity contribution in [2.75, 3.05) is 20.2 Å². The number of benzene rings is 1. The van der Waals surface area contributed by atoms with E-state index in [1.807, 2.05) is 30.3 Å². The summed E-state index contributed by atoms with van der Waals surface area (Å²) in [4.78, 5) is 22.2. The van der Waals surface area contributed by atoms with Crippen molar-refractivity contribution in [3.05, 3.63) is 48.3 Å². The van der Waals surface area contributed by atoms with Crippen molar-refractivity contribution < 1.29 is 14.3 Å². The molecule has 1 aromatic heterocycles. The van der Waals surface area contributed by atoms with E-state index in [9.17, 15) is 4.79 Å². The number of nitrogens with one attached hydrogen (secondary N) is 1. The molecule has 0 saturated carbocycles. The normalized spacial score (nSPS) is 16.7. The van der Waals surface area contributed by atoms with Crippen LogP contribution in [0, 0.1) is 0 Å². The maximum atomic E-state index is 12.2. The molecule has 7 nitrogen and oxygen atoms in total. The minimum Gasteiger partial charge on any atom is -0.477 e. The van der Waals surface area contributed by atoms with Crippen LogP contribution in [0.15, 0.2) is 42.7 Å². The summed E-state index contributed by atoms with van der Waals surface area (Å²) in [5.41, 5.74) is 1.07. The van der Waals surface area contributed by atoms with Crippen molar-refractivity contribution in [1.82, 2.24) is 20.2 Å². The zero-order valence-electron chi connectivity index (χ0n) is 13.5. The molecule has 0 radical (unpaired) electrons. The Bertz CT molecular complexity index is 681. The summed E-state index contributed by atoms with van der Waals surface area (Å²) >= 11 is 0. The molecule has 1 aliphatic rings. The fourth-order valence-electron chi connectivity index (χ4n) is 2.59. The number of rotatable bonds is 5. The number of carbonyl (C=O) groups is 1. The molecule has 3 rings (SSSR count). The Labute approximate surface area is 140 Å². The minimum atomic E-state index is -0.113. The first-order chi connectivity index (χ1) is 11.8. The zero-order chi connectivity index (χ0) is 16.8. The lowest BCUT2D eigenvalue weighted by Gasteiger charge is -2.18. The van der Waals surface area contributed by atoms with Crippen LogP contribution in [0.1, 0.15) is 12.0 Å². The van der Waals surface area contributed by atoms with Crippen LogP contribution in [0.5, 0.6) is 11.8 Å². The van der Waals surface area contributed by atoms with E-state index in [0.717, 1.165) is 12.0 Å². The predicted molar refractivity (Wildman–Crippen MR) is 87.9 cm³/mol. The van der Waals surface area contributed by atoms with Crippen LogP contribution in [-0.4, -0.2) is 47.2 Å². The molecule has 1 atom stereocenters. The molecule has 1 aliphatic heterocycles. The molecule has 1 N–H and O–H groups in total. The number of aromatic nitrogens is 2. The van der Waals surface area contributed by atoms with Crippen LogP contribution in [0.4, 0.5) is 4.79 Å². The Balaban J connectivity index is 1.50. The number of urea groups is 1. The molecule has 1 fully saturated rings. The van der Waals surface area contributed by atoms with Gasteiger partial charge in [0.1, 0.15) is 6.10 Å². The Kier molecular flexibility index (Phi) is 5.10. The van der Waals surface area contributed by atoms with Crippen molar-refractivity contribution in [3.63, 3.8) is 0 Å². The van der Waals surface area contributed by atoms with Gasteiger partial charge in [-0.15, -0.1) is 0 Å². The van der Waals surface area contributed by atoms with Crippen molar-refractivity contribution in [2.45, 2.75) is 19.1 Å². The molecule has 1 aromatic carbocycles. The fourth-order valence-corrected chi connectivity index (χ4v) is 2.59. The molecule has 2 aromatic rings. The molecule has 7 heteroatoms. The van der Waals surface area contributed by atoms with E-state index in [2.05, 4.69) is 15.3 Å². The molecule has 1 saturated heterocycles.